The Morgan fingerprint density at radius 1 is 1.67 bits per heavy atom. The SMILES string of the molecule is Cc1cnc(N)n1CC1CCC1. The number of nitrogen functional groups attached to an aromatic ring is 1. The van der Waals surface area contributed by atoms with Gasteiger partial charge in [-0.05, 0) is 25.7 Å². The van der Waals surface area contributed by atoms with Crippen molar-refractivity contribution in [2.75, 3.05) is 5.73 Å². The van der Waals surface area contributed by atoms with E-state index in [1.807, 2.05) is 6.20 Å². The average Bonchev–Trinajstić information content (AvgIpc) is 2.25. The molecule has 1 aliphatic rings. The summed E-state index contributed by atoms with van der Waals surface area (Å²) in [5, 5.41) is 0. The van der Waals surface area contributed by atoms with E-state index < -0.39 is 0 Å². The Morgan fingerprint density at radius 2 is 2.42 bits per heavy atom. The van der Waals surface area contributed by atoms with E-state index in [-0.39, 0.29) is 0 Å². The van der Waals surface area contributed by atoms with Crippen LogP contribution in [-0.2, 0) is 6.54 Å². The predicted molar refractivity (Wildman–Crippen MR) is 48.7 cm³/mol. The highest BCUT2D eigenvalue weighted by molar-refractivity contribution is 5.21. The lowest BCUT2D eigenvalue weighted by molar-refractivity contribution is 0.276. The molecule has 0 saturated heterocycles. The van der Waals surface area contributed by atoms with E-state index >= 15 is 0 Å². The lowest BCUT2D eigenvalue weighted by Gasteiger charge is -2.26. The minimum absolute atomic E-state index is 0.666. The van der Waals surface area contributed by atoms with E-state index in [0.29, 0.717) is 5.95 Å². The molecule has 3 nitrogen and oxygen atoms in total. The van der Waals surface area contributed by atoms with Gasteiger partial charge in [0.1, 0.15) is 0 Å². The molecule has 0 aliphatic heterocycles. The van der Waals surface area contributed by atoms with Crippen LogP contribution in [0, 0.1) is 12.8 Å². The average molecular weight is 165 g/mol. The van der Waals surface area contributed by atoms with E-state index in [1.165, 1.54) is 25.0 Å². The van der Waals surface area contributed by atoms with Gasteiger partial charge in [-0.25, -0.2) is 4.98 Å². The topological polar surface area (TPSA) is 43.8 Å². The van der Waals surface area contributed by atoms with Crippen molar-refractivity contribution in [3.8, 4) is 0 Å². The second-order valence-corrected chi connectivity index (χ2v) is 3.67. The van der Waals surface area contributed by atoms with E-state index in [2.05, 4.69) is 16.5 Å². The first-order valence-corrected chi connectivity index (χ1v) is 4.55. The molecule has 1 heterocycles. The van der Waals surface area contributed by atoms with Gasteiger partial charge < -0.3 is 10.3 Å². The van der Waals surface area contributed by atoms with Crippen LogP contribution in [0.4, 0.5) is 5.95 Å². The lowest BCUT2D eigenvalue weighted by Crippen LogP contribution is -2.19. The van der Waals surface area contributed by atoms with Crippen LogP contribution < -0.4 is 5.73 Å². The highest BCUT2D eigenvalue weighted by Gasteiger charge is 2.19. The van der Waals surface area contributed by atoms with Crippen molar-refractivity contribution in [2.45, 2.75) is 32.7 Å². The number of aromatic nitrogens is 2. The molecule has 12 heavy (non-hydrogen) atoms. The molecule has 0 unspecified atom stereocenters. The van der Waals surface area contributed by atoms with E-state index in [9.17, 15) is 0 Å². The molecule has 1 saturated carbocycles. The third kappa shape index (κ3) is 1.19. The first-order chi connectivity index (χ1) is 5.77. The number of anilines is 1. The summed E-state index contributed by atoms with van der Waals surface area (Å²) >= 11 is 0. The van der Waals surface area contributed by atoms with Gasteiger partial charge in [0.05, 0.1) is 6.20 Å². The van der Waals surface area contributed by atoms with Crippen LogP contribution in [0.5, 0.6) is 0 Å². The molecule has 1 aromatic heterocycles. The van der Waals surface area contributed by atoms with Gasteiger partial charge in [-0.2, -0.15) is 0 Å². The summed E-state index contributed by atoms with van der Waals surface area (Å²) < 4.78 is 2.11. The Balaban J connectivity index is 2.10. The number of aryl methyl sites for hydroxylation is 1. The molecule has 0 radical (unpaired) electrons. The molecule has 2 rings (SSSR count). The van der Waals surface area contributed by atoms with E-state index in [0.717, 1.165) is 12.5 Å². The molecule has 1 aliphatic carbocycles. The van der Waals surface area contributed by atoms with Crippen LogP contribution >= 0.6 is 0 Å². The Labute approximate surface area is 72.6 Å². The highest BCUT2D eigenvalue weighted by Crippen LogP contribution is 2.28. The lowest BCUT2D eigenvalue weighted by atomic mass is 9.85. The van der Waals surface area contributed by atoms with Gasteiger partial charge in [-0.15, -0.1) is 0 Å². The fraction of sp³-hybridized carbons (Fsp3) is 0.667. The van der Waals surface area contributed by atoms with Crippen molar-refractivity contribution in [3.05, 3.63) is 11.9 Å². The number of rotatable bonds is 2. The van der Waals surface area contributed by atoms with Crippen molar-refractivity contribution in [1.29, 1.82) is 0 Å². The zero-order valence-corrected chi connectivity index (χ0v) is 7.45. The second kappa shape index (κ2) is 2.81. The third-order valence-electron chi connectivity index (χ3n) is 2.75. The summed E-state index contributed by atoms with van der Waals surface area (Å²) in [7, 11) is 0. The van der Waals surface area contributed by atoms with Crippen molar-refractivity contribution < 1.29 is 0 Å². The first kappa shape index (κ1) is 7.65. The number of hydrogen-bond acceptors (Lipinski definition) is 2. The zero-order chi connectivity index (χ0) is 8.55. The van der Waals surface area contributed by atoms with Crippen molar-refractivity contribution in [3.63, 3.8) is 0 Å². The maximum absolute atomic E-state index is 5.72. The summed E-state index contributed by atoms with van der Waals surface area (Å²) in [6.45, 7) is 3.12. The summed E-state index contributed by atoms with van der Waals surface area (Å²) in [6.07, 6.45) is 5.94. The normalized spacial score (nSPS) is 17.8. The number of hydrogen-bond donors (Lipinski definition) is 1. The summed E-state index contributed by atoms with van der Waals surface area (Å²) in [4.78, 5) is 4.07. The summed E-state index contributed by atoms with van der Waals surface area (Å²) in [6, 6.07) is 0. The minimum Gasteiger partial charge on any atom is -0.369 e. The van der Waals surface area contributed by atoms with Crippen LogP contribution in [0.1, 0.15) is 25.0 Å². The van der Waals surface area contributed by atoms with E-state index in [4.69, 9.17) is 5.73 Å². The molecular formula is C9H15N3. The highest BCUT2D eigenvalue weighted by atomic mass is 15.1. The van der Waals surface area contributed by atoms with Crippen LogP contribution in [0.3, 0.4) is 0 Å². The van der Waals surface area contributed by atoms with Crippen LogP contribution in [0.25, 0.3) is 0 Å². The number of imidazole rings is 1. The second-order valence-electron chi connectivity index (χ2n) is 3.67. The monoisotopic (exact) mass is 165 g/mol. The Bertz CT molecular complexity index is 254. The Hall–Kier alpha value is -0.990. The fourth-order valence-corrected chi connectivity index (χ4v) is 1.65. The molecule has 1 fully saturated rings. The summed E-state index contributed by atoms with van der Waals surface area (Å²) in [5.41, 5.74) is 6.90. The molecule has 0 amide bonds. The van der Waals surface area contributed by atoms with E-state index in [1.54, 1.807) is 0 Å². The molecule has 66 valence electrons. The van der Waals surface area contributed by atoms with Gasteiger partial charge in [0.2, 0.25) is 0 Å². The number of nitrogens with two attached hydrogens (primary N) is 1. The number of nitrogens with zero attached hydrogens (tertiary/aromatic N) is 2. The van der Waals surface area contributed by atoms with Crippen molar-refractivity contribution >= 4 is 5.95 Å². The van der Waals surface area contributed by atoms with Crippen LogP contribution in [0.2, 0.25) is 0 Å². The predicted octanol–water partition coefficient (Wildman–Crippen LogP) is 1.57. The molecule has 2 N–H and O–H groups in total. The quantitative estimate of drug-likeness (QED) is 0.723. The van der Waals surface area contributed by atoms with Gasteiger partial charge in [0.15, 0.2) is 5.95 Å². The third-order valence-corrected chi connectivity index (χ3v) is 2.75. The molecule has 0 spiro atoms. The van der Waals surface area contributed by atoms with Crippen molar-refractivity contribution in [2.24, 2.45) is 5.92 Å². The van der Waals surface area contributed by atoms with Gasteiger partial charge in [-0.3, -0.25) is 0 Å². The molecule has 0 aromatic carbocycles. The van der Waals surface area contributed by atoms with Gasteiger partial charge in [-0.1, -0.05) is 6.42 Å². The molecule has 0 bridgehead atoms. The molecule has 1 aromatic rings. The van der Waals surface area contributed by atoms with Gasteiger partial charge in [0, 0.05) is 12.2 Å². The maximum atomic E-state index is 5.72. The maximum Gasteiger partial charge on any atom is 0.200 e. The summed E-state index contributed by atoms with van der Waals surface area (Å²) in [5.74, 6) is 1.51. The fourth-order valence-electron chi connectivity index (χ4n) is 1.65. The largest absolute Gasteiger partial charge is 0.369 e. The van der Waals surface area contributed by atoms with Crippen molar-refractivity contribution in [1.82, 2.24) is 9.55 Å². The molecular weight excluding hydrogens is 150 g/mol. The zero-order valence-electron chi connectivity index (χ0n) is 7.45. The standard InChI is InChI=1S/C9H15N3/c1-7-5-11-9(10)12(7)6-8-3-2-4-8/h5,8H,2-4,6H2,1H3,(H2,10,11). The Morgan fingerprint density at radius 3 is 2.83 bits per heavy atom. The Kier molecular flexibility index (Phi) is 1.79. The smallest absolute Gasteiger partial charge is 0.200 e. The molecule has 0 atom stereocenters. The van der Waals surface area contributed by atoms with Gasteiger partial charge >= 0.3 is 0 Å². The van der Waals surface area contributed by atoms with Gasteiger partial charge in [0.25, 0.3) is 0 Å². The molecule has 3 heteroatoms. The first-order valence-electron chi connectivity index (χ1n) is 4.55. The van der Waals surface area contributed by atoms with Crippen LogP contribution in [0.15, 0.2) is 6.20 Å². The van der Waals surface area contributed by atoms with Crippen LogP contribution in [-0.4, -0.2) is 9.55 Å². The minimum atomic E-state index is 0.666.